The van der Waals surface area contributed by atoms with Crippen LogP contribution in [-0.2, 0) is 4.79 Å². The van der Waals surface area contributed by atoms with E-state index in [4.69, 9.17) is 5.11 Å². The largest absolute Gasteiger partial charge is 0.481 e. The molecule has 0 radical (unpaired) electrons. The first kappa shape index (κ1) is 15.7. The Morgan fingerprint density at radius 1 is 1.27 bits per heavy atom. The van der Waals surface area contributed by atoms with E-state index in [0.29, 0.717) is 6.42 Å². The number of carbonyl (C=O) groups is 2. The fourth-order valence-corrected chi connectivity index (χ4v) is 1.74. The van der Waals surface area contributed by atoms with Gasteiger partial charge in [-0.1, -0.05) is 18.2 Å². The summed E-state index contributed by atoms with van der Waals surface area (Å²) in [7, 11) is 0. The third kappa shape index (κ3) is 3.69. The van der Waals surface area contributed by atoms with Crippen molar-refractivity contribution in [3.05, 3.63) is 42.2 Å². The number of hydrogen-bond acceptors (Lipinski definition) is 4. The lowest BCUT2D eigenvalue weighted by molar-refractivity contribution is -0.147. The van der Waals surface area contributed by atoms with Crippen molar-refractivity contribution in [3.8, 4) is 5.69 Å². The lowest BCUT2D eigenvalue weighted by Crippen LogP contribution is -2.32. The number of carboxylic acid groups (broad SMARTS) is 1. The van der Waals surface area contributed by atoms with Crippen LogP contribution >= 0.6 is 0 Å². The first-order chi connectivity index (χ1) is 10.4. The molecule has 7 nitrogen and oxygen atoms in total. The fourth-order valence-electron chi connectivity index (χ4n) is 1.74. The van der Waals surface area contributed by atoms with Crippen LogP contribution < -0.4 is 5.32 Å². The lowest BCUT2D eigenvalue weighted by Gasteiger charge is -2.18. The van der Waals surface area contributed by atoms with Crippen molar-refractivity contribution >= 4 is 11.9 Å². The number of nitrogens with zero attached hydrogens (tertiary/aromatic N) is 3. The van der Waals surface area contributed by atoms with Crippen LogP contribution in [0.15, 0.2) is 36.5 Å². The van der Waals surface area contributed by atoms with Gasteiger partial charge in [-0.05, 0) is 32.4 Å². The van der Waals surface area contributed by atoms with Crippen molar-refractivity contribution in [2.75, 3.05) is 6.54 Å². The number of carboxylic acids is 1. The summed E-state index contributed by atoms with van der Waals surface area (Å²) < 4.78 is 0. The Balaban J connectivity index is 1.94. The first-order valence-electron chi connectivity index (χ1n) is 6.89. The molecule has 0 saturated heterocycles. The van der Waals surface area contributed by atoms with Gasteiger partial charge >= 0.3 is 5.97 Å². The minimum absolute atomic E-state index is 0.192. The van der Waals surface area contributed by atoms with E-state index in [2.05, 4.69) is 15.5 Å². The lowest BCUT2D eigenvalue weighted by atomic mass is 9.90. The standard InChI is InChI=1S/C15H18N4O3/c1-15(2,14(21)22)8-9-16-13(20)12-10-17-19(18-12)11-6-4-3-5-7-11/h3-7,10H,8-9H2,1-2H3,(H,16,20)(H,21,22). The number of carbonyl (C=O) groups excluding carboxylic acids is 1. The number of nitrogens with one attached hydrogen (secondary N) is 1. The summed E-state index contributed by atoms with van der Waals surface area (Å²) in [4.78, 5) is 24.3. The van der Waals surface area contributed by atoms with Crippen molar-refractivity contribution in [2.45, 2.75) is 20.3 Å². The molecule has 0 fully saturated rings. The van der Waals surface area contributed by atoms with Gasteiger partial charge in [0.25, 0.3) is 5.91 Å². The summed E-state index contributed by atoms with van der Waals surface area (Å²) in [5.41, 5.74) is 0.0695. The second kappa shape index (κ2) is 6.38. The molecule has 0 aliphatic carbocycles. The molecule has 1 aromatic carbocycles. The maximum absolute atomic E-state index is 12.0. The number of hydrogen-bond donors (Lipinski definition) is 2. The molecule has 0 aliphatic rings. The van der Waals surface area contributed by atoms with E-state index < -0.39 is 11.4 Å². The van der Waals surface area contributed by atoms with Gasteiger partial charge in [-0.25, -0.2) is 0 Å². The smallest absolute Gasteiger partial charge is 0.309 e. The molecular weight excluding hydrogens is 284 g/mol. The van der Waals surface area contributed by atoms with E-state index in [1.165, 1.54) is 11.0 Å². The zero-order valence-corrected chi connectivity index (χ0v) is 12.5. The molecule has 0 aliphatic heterocycles. The third-order valence-electron chi connectivity index (χ3n) is 3.33. The fraction of sp³-hybridized carbons (Fsp3) is 0.333. The van der Waals surface area contributed by atoms with Crippen LogP contribution in [0.5, 0.6) is 0 Å². The van der Waals surface area contributed by atoms with Gasteiger partial charge in [-0.15, -0.1) is 5.10 Å². The SMILES string of the molecule is CC(C)(CCNC(=O)c1cnn(-c2ccccc2)n1)C(=O)O. The third-order valence-corrected chi connectivity index (χ3v) is 3.33. The van der Waals surface area contributed by atoms with Crippen molar-refractivity contribution in [1.29, 1.82) is 0 Å². The summed E-state index contributed by atoms with van der Waals surface area (Å²) in [6.07, 6.45) is 1.71. The van der Waals surface area contributed by atoms with Crippen LogP contribution in [0.4, 0.5) is 0 Å². The topological polar surface area (TPSA) is 97.1 Å². The van der Waals surface area contributed by atoms with E-state index >= 15 is 0 Å². The van der Waals surface area contributed by atoms with Crippen molar-refractivity contribution in [2.24, 2.45) is 5.41 Å². The minimum atomic E-state index is -0.892. The molecule has 2 rings (SSSR count). The summed E-state index contributed by atoms with van der Waals surface area (Å²) in [6, 6.07) is 9.25. The summed E-state index contributed by atoms with van der Waals surface area (Å²) in [5.74, 6) is -1.26. The van der Waals surface area contributed by atoms with Crippen molar-refractivity contribution < 1.29 is 14.7 Å². The van der Waals surface area contributed by atoms with Gasteiger partial charge in [-0.2, -0.15) is 9.90 Å². The van der Waals surface area contributed by atoms with Crippen molar-refractivity contribution in [3.63, 3.8) is 0 Å². The summed E-state index contributed by atoms with van der Waals surface area (Å²) >= 11 is 0. The Bertz CT molecular complexity index is 664. The van der Waals surface area contributed by atoms with Crippen LogP contribution in [0.2, 0.25) is 0 Å². The number of benzene rings is 1. The summed E-state index contributed by atoms with van der Waals surface area (Å²) in [6.45, 7) is 3.50. The predicted octanol–water partition coefficient (Wildman–Crippen LogP) is 1.50. The molecule has 2 aromatic rings. The van der Waals surface area contributed by atoms with Gasteiger partial charge in [0.1, 0.15) is 0 Å². The monoisotopic (exact) mass is 302 g/mol. The number of aliphatic carboxylic acids is 1. The Morgan fingerprint density at radius 2 is 1.95 bits per heavy atom. The first-order valence-corrected chi connectivity index (χ1v) is 6.89. The van der Waals surface area contributed by atoms with Crippen LogP contribution in [0, 0.1) is 5.41 Å². The molecule has 1 aromatic heterocycles. The number of aromatic nitrogens is 3. The molecule has 1 heterocycles. The Morgan fingerprint density at radius 3 is 2.59 bits per heavy atom. The molecule has 22 heavy (non-hydrogen) atoms. The predicted molar refractivity (Wildman–Crippen MR) is 79.7 cm³/mol. The second-order valence-electron chi connectivity index (χ2n) is 5.55. The van der Waals surface area contributed by atoms with Crippen LogP contribution in [0.25, 0.3) is 5.69 Å². The Hall–Kier alpha value is -2.70. The molecule has 0 unspecified atom stereocenters. The van der Waals surface area contributed by atoms with E-state index in [0.717, 1.165) is 5.69 Å². The highest BCUT2D eigenvalue weighted by Gasteiger charge is 2.26. The highest BCUT2D eigenvalue weighted by Crippen LogP contribution is 2.19. The zero-order chi connectivity index (χ0) is 16.2. The van der Waals surface area contributed by atoms with Crippen molar-refractivity contribution in [1.82, 2.24) is 20.3 Å². The molecule has 2 N–H and O–H groups in total. The maximum Gasteiger partial charge on any atom is 0.309 e. The minimum Gasteiger partial charge on any atom is -0.481 e. The maximum atomic E-state index is 12.0. The van der Waals surface area contributed by atoms with Crippen LogP contribution in [0.1, 0.15) is 30.8 Å². The molecule has 0 bridgehead atoms. The van der Waals surface area contributed by atoms with E-state index in [9.17, 15) is 9.59 Å². The molecule has 1 amide bonds. The Kier molecular flexibility index (Phi) is 4.55. The summed E-state index contributed by atoms with van der Waals surface area (Å²) in [5, 5.41) is 19.8. The second-order valence-corrected chi connectivity index (χ2v) is 5.55. The van der Waals surface area contributed by atoms with E-state index in [-0.39, 0.29) is 18.1 Å². The quantitative estimate of drug-likeness (QED) is 0.842. The number of amides is 1. The highest BCUT2D eigenvalue weighted by atomic mass is 16.4. The van der Waals surface area contributed by atoms with Gasteiger partial charge in [0.2, 0.25) is 0 Å². The molecular formula is C15H18N4O3. The molecule has 7 heteroatoms. The van der Waals surface area contributed by atoms with Gasteiger partial charge in [0.05, 0.1) is 17.3 Å². The Labute approximate surface area is 128 Å². The van der Waals surface area contributed by atoms with Gasteiger partial charge in [0, 0.05) is 6.54 Å². The zero-order valence-electron chi connectivity index (χ0n) is 12.5. The van der Waals surface area contributed by atoms with Crippen LogP contribution in [0.3, 0.4) is 0 Å². The normalized spacial score (nSPS) is 11.2. The number of para-hydroxylation sites is 1. The average Bonchev–Trinajstić information content (AvgIpc) is 2.97. The molecule has 116 valence electrons. The van der Waals surface area contributed by atoms with Gasteiger partial charge < -0.3 is 10.4 Å². The highest BCUT2D eigenvalue weighted by molar-refractivity contribution is 5.91. The number of rotatable bonds is 6. The van der Waals surface area contributed by atoms with Gasteiger partial charge in [-0.3, -0.25) is 9.59 Å². The molecule has 0 atom stereocenters. The van der Waals surface area contributed by atoms with Gasteiger partial charge in [0.15, 0.2) is 5.69 Å². The van der Waals surface area contributed by atoms with Crippen LogP contribution in [-0.4, -0.2) is 38.5 Å². The molecule has 0 spiro atoms. The van der Waals surface area contributed by atoms with E-state index in [1.807, 2.05) is 30.3 Å². The average molecular weight is 302 g/mol. The molecule has 0 saturated carbocycles. The van der Waals surface area contributed by atoms with E-state index in [1.54, 1.807) is 13.8 Å².